The van der Waals surface area contributed by atoms with E-state index in [2.05, 4.69) is 51.5 Å². The van der Waals surface area contributed by atoms with Gasteiger partial charge in [-0.15, -0.1) is 10.4 Å². The van der Waals surface area contributed by atoms with Crippen molar-refractivity contribution < 1.29 is 86.5 Å². The quantitative estimate of drug-likeness (QED) is 0.377. The van der Waals surface area contributed by atoms with Crippen molar-refractivity contribution >= 4 is 11.9 Å². The van der Waals surface area contributed by atoms with Crippen molar-refractivity contribution in [2.45, 2.75) is 0 Å². The van der Waals surface area contributed by atoms with Crippen molar-refractivity contribution in [1.82, 2.24) is 41.2 Å². The molecule has 0 saturated carbocycles. The minimum absolute atomic E-state index is 0. The molecular weight excluding hydrogens is 290 g/mol. The Kier molecular flexibility index (Phi) is 37.9. The second-order valence-corrected chi connectivity index (χ2v) is 1.56. The monoisotopic (exact) mass is 300 g/mol. The van der Waals surface area contributed by atoms with Crippen LogP contribution in [0.3, 0.4) is 0 Å². The fourth-order valence-corrected chi connectivity index (χ4v) is 0.449. The van der Waals surface area contributed by atoms with Crippen LogP contribution >= 0.6 is 0 Å². The second kappa shape index (κ2) is 19.9. The fourth-order valence-electron chi connectivity index (χ4n) is 0.449. The third-order valence-corrected chi connectivity index (χ3v) is 0.846. The summed E-state index contributed by atoms with van der Waals surface area (Å²) in [5, 5.41) is 33.3. The average molecular weight is 300 g/mol. The number of rotatable bonds is 2. The summed E-state index contributed by atoms with van der Waals surface area (Å²) in [7, 11) is 0. The van der Waals surface area contributed by atoms with Crippen molar-refractivity contribution in [3.05, 3.63) is 0 Å². The van der Waals surface area contributed by atoms with E-state index in [1.807, 2.05) is 0 Å². The molecular formula is C2H10N10Na2O5. The third-order valence-electron chi connectivity index (χ3n) is 0.846. The molecule has 15 nitrogen and oxygen atoms in total. The molecule has 0 aliphatic carbocycles. The molecule has 2 aromatic heterocycles. The molecule has 2 heterocycles. The standard InChI is InChI=1S/C2N10.2Na.5H2O/c3(1-5-9-10-6-1)4-2-7-11-12-8-2;;;;;;;/h;;;5*1H2/q-2;2*+1;;;;;/b4-3-;;;;;;;. The van der Waals surface area contributed by atoms with Crippen molar-refractivity contribution in [3.63, 3.8) is 0 Å². The van der Waals surface area contributed by atoms with Gasteiger partial charge in [0, 0.05) is 0 Å². The Morgan fingerprint density at radius 1 is 0.632 bits per heavy atom. The predicted octanol–water partition coefficient (Wildman–Crippen LogP) is -11.7. The van der Waals surface area contributed by atoms with Crippen molar-refractivity contribution in [2.75, 3.05) is 0 Å². The van der Waals surface area contributed by atoms with Gasteiger partial charge in [-0.1, -0.05) is 0 Å². The van der Waals surface area contributed by atoms with Gasteiger partial charge in [0.05, 0.1) is 0 Å². The van der Waals surface area contributed by atoms with Crippen LogP contribution in [0.1, 0.15) is 0 Å². The van der Waals surface area contributed by atoms with Gasteiger partial charge in [0.1, 0.15) is 11.9 Å². The van der Waals surface area contributed by atoms with Gasteiger partial charge in [-0.25, -0.2) is 10.2 Å². The summed E-state index contributed by atoms with van der Waals surface area (Å²) >= 11 is 0. The summed E-state index contributed by atoms with van der Waals surface area (Å²) < 4.78 is 0. The molecule has 0 bridgehead atoms. The molecule has 19 heavy (non-hydrogen) atoms. The van der Waals surface area contributed by atoms with E-state index in [-0.39, 0.29) is 98.4 Å². The van der Waals surface area contributed by atoms with E-state index >= 15 is 0 Å². The number of azo groups is 1. The number of hydrogen-bond donors (Lipinski definition) is 0. The average Bonchev–Trinajstić information content (AvgIpc) is 2.74. The normalized spacial score (nSPS) is 6.95. The molecule has 0 spiro atoms. The number of tetrazole rings is 2. The van der Waals surface area contributed by atoms with Gasteiger partial charge in [-0.3, -0.25) is 20.4 Å². The molecule has 0 aliphatic rings. The Labute approximate surface area is 149 Å². The first kappa shape index (κ1) is 36.3. The van der Waals surface area contributed by atoms with Gasteiger partial charge in [-0.2, -0.15) is 10.4 Å². The van der Waals surface area contributed by atoms with Crippen LogP contribution in [-0.4, -0.2) is 58.4 Å². The number of hydrogen-bond acceptors (Lipinski definition) is 8. The molecule has 0 atom stereocenters. The summed E-state index contributed by atoms with van der Waals surface area (Å²) in [6.07, 6.45) is 0. The minimum atomic E-state index is 0. The molecule has 0 aromatic carbocycles. The molecule has 100 valence electrons. The summed E-state index contributed by atoms with van der Waals surface area (Å²) in [5.41, 5.74) is 0. The van der Waals surface area contributed by atoms with Gasteiger partial charge >= 0.3 is 59.1 Å². The fraction of sp³-hybridized carbons (Fsp3) is 0. The Morgan fingerprint density at radius 3 is 1.16 bits per heavy atom. The maximum atomic E-state index is 3.48. The number of nitrogens with zero attached hydrogens (tertiary/aromatic N) is 10. The van der Waals surface area contributed by atoms with Gasteiger partial charge in [0.25, 0.3) is 0 Å². The van der Waals surface area contributed by atoms with Gasteiger partial charge in [0.2, 0.25) is 0 Å². The van der Waals surface area contributed by atoms with E-state index in [4.69, 9.17) is 0 Å². The smallest absolute Gasteiger partial charge is 0.412 e. The first-order valence-electron chi connectivity index (χ1n) is 2.74. The van der Waals surface area contributed by atoms with Crippen LogP contribution in [0, 0.1) is 0 Å². The first-order valence-corrected chi connectivity index (χ1v) is 2.74. The summed E-state index contributed by atoms with van der Waals surface area (Å²) in [6.45, 7) is 0. The largest absolute Gasteiger partial charge is 1.00 e. The molecule has 0 unspecified atom stereocenters. The van der Waals surface area contributed by atoms with Crippen LogP contribution < -0.4 is 69.3 Å². The van der Waals surface area contributed by atoms with Crippen LogP contribution in [0.15, 0.2) is 10.2 Å². The molecule has 0 fully saturated rings. The zero-order valence-corrected chi connectivity index (χ0v) is 14.0. The molecule has 2 aromatic rings. The van der Waals surface area contributed by atoms with E-state index in [0.717, 1.165) is 0 Å². The third kappa shape index (κ3) is 12.3. The zero-order chi connectivity index (χ0) is 8.23. The van der Waals surface area contributed by atoms with Gasteiger partial charge < -0.3 is 27.4 Å². The van der Waals surface area contributed by atoms with Crippen molar-refractivity contribution in [3.8, 4) is 0 Å². The molecule has 17 heteroatoms. The SMILES string of the molecule is N(=N/c1nnn[n-]1)/c1nnn[n-]1.O.O.O.O.O.[Na+].[Na+]. The Balaban J connectivity index is -0.0000000604. The Hall–Kier alpha value is -0.460. The topological polar surface area (TPSA) is 288 Å². The predicted molar refractivity (Wildman–Crippen MR) is 48.5 cm³/mol. The molecule has 0 amide bonds. The minimum Gasteiger partial charge on any atom is -0.412 e. The van der Waals surface area contributed by atoms with Crippen LogP contribution in [0.5, 0.6) is 0 Å². The molecule has 0 radical (unpaired) electrons. The zero-order valence-electron chi connectivity index (χ0n) is 9.97. The van der Waals surface area contributed by atoms with Crippen molar-refractivity contribution in [2.24, 2.45) is 10.2 Å². The van der Waals surface area contributed by atoms with E-state index < -0.39 is 0 Å². The van der Waals surface area contributed by atoms with Gasteiger partial charge in [0.15, 0.2) is 0 Å². The van der Waals surface area contributed by atoms with Gasteiger partial charge in [-0.05, 0) is 0 Å². The van der Waals surface area contributed by atoms with Crippen LogP contribution in [0.2, 0.25) is 0 Å². The van der Waals surface area contributed by atoms with Crippen molar-refractivity contribution in [1.29, 1.82) is 0 Å². The first-order chi connectivity index (χ1) is 5.95. The second-order valence-electron chi connectivity index (χ2n) is 1.56. The summed E-state index contributed by atoms with van der Waals surface area (Å²) in [6, 6.07) is 0. The van der Waals surface area contributed by atoms with E-state index in [1.54, 1.807) is 0 Å². The molecule has 2 rings (SSSR count). The molecule has 0 aliphatic heterocycles. The van der Waals surface area contributed by atoms with E-state index in [9.17, 15) is 0 Å². The van der Waals surface area contributed by atoms with Crippen LogP contribution in [0.25, 0.3) is 0 Å². The summed E-state index contributed by atoms with van der Waals surface area (Å²) in [5.74, 6) is 0.0830. The Bertz CT molecular complexity index is 329. The van der Waals surface area contributed by atoms with Crippen LogP contribution in [-0.2, 0) is 0 Å². The maximum Gasteiger partial charge on any atom is 1.00 e. The Morgan fingerprint density at radius 2 is 0.947 bits per heavy atom. The molecule has 10 N–H and O–H groups in total. The summed E-state index contributed by atoms with van der Waals surface area (Å²) in [4.78, 5) is 0. The van der Waals surface area contributed by atoms with Crippen LogP contribution in [0.4, 0.5) is 11.9 Å². The molecule has 0 saturated heterocycles. The maximum absolute atomic E-state index is 3.48. The van der Waals surface area contributed by atoms with E-state index in [0.29, 0.717) is 0 Å². The number of aromatic nitrogens is 8. The van der Waals surface area contributed by atoms with E-state index in [1.165, 1.54) is 0 Å².